The second kappa shape index (κ2) is 17.1. The van der Waals surface area contributed by atoms with Crippen LogP contribution in [0.5, 0.6) is 0 Å². The van der Waals surface area contributed by atoms with Gasteiger partial charge >= 0.3 is 12.1 Å². The van der Waals surface area contributed by atoms with Crippen molar-refractivity contribution in [1.29, 1.82) is 0 Å². The highest BCUT2D eigenvalue weighted by Gasteiger charge is 2.57. The van der Waals surface area contributed by atoms with Gasteiger partial charge in [0.2, 0.25) is 0 Å². The van der Waals surface area contributed by atoms with Crippen molar-refractivity contribution < 1.29 is 72.6 Å². The normalized spacial score (nSPS) is 36.0. The first kappa shape index (κ1) is 36.4. The van der Waals surface area contributed by atoms with Crippen molar-refractivity contribution in [1.82, 2.24) is 5.32 Å². The zero-order valence-electron chi connectivity index (χ0n) is 26.1. The van der Waals surface area contributed by atoms with Gasteiger partial charge in [-0.05, 0) is 24.8 Å². The van der Waals surface area contributed by atoms with Gasteiger partial charge in [-0.25, -0.2) is 9.59 Å². The summed E-state index contributed by atoms with van der Waals surface area (Å²) in [6.07, 6.45) is -11.3. The van der Waals surface area contributed by atoms with Crippen molar-refractivity contribution in [2.75, 3.05) is 40.6 Å². The number of fused-ring (bicyclic) bond motifs is 1. The number of esters is 1. The Labute approximate surface area is 266 Å². The highest BCUT2D eigenvalue weighted by Crippen LogP contribution is 2.36. The third kappa shape index (κ3) is 8.90. The summed E-state index contributed by atoms with van der Waals surface area (Å²) >= 11 is 0. The van der Waals surface area contributed by atoms with E-state index in [0.29, 0.717) is 25.8 Å². The van der Waals surface area contributed by atoms with Crippen LogP contribution in [0, 0.1) is 0 Å². The van der Waals surface area contributed by atoms with Crippen molar-refractivity contribution in [2.45, 2.75) is 100.0 Å². The molecule has 0 spiro atoms. The molecule has 0 unspecified atom stereocenters. The van der Waals surface area contributed by atoms with Gasteiger partial charge in [-0.15, -0.1) is 0 Å². The molecule has 0 saturated carbocycles. The van der Waals surface area contributed by atoms with Crippen molar-refractivity contribution >= 4 is 12.1 Å². The predicted molar refractivity (Wildman–Crippen MR) is 154 cm³/mol. The average Bonchev–Trinajstić information content (AvgIpc) is 3.06. The number of nitrogens with one attached hydrogen (secondary N) is 1. The van der Waals surface area contributed by atoms with E-state index in [4.69, 9.17) is 42.6 Å². The molecule has 0 aliphatic carbocycles. The highest BCUT2D eigenvalue weighted by atomic mass is 16.8. The van der Waals surface area contributed by atoms with E-state index < -0.39 is 85.9 Å². The molecule has 260 valence electrons. The Morgan fingerprint density at radius 3 is 2.41 bits per heavy atom. The van der Waals surface area contributed by atoms with Crippen molar-refractivity contribution in [2.24, 2.45) is 0 Å². The molecule has 5 N–H and O–H groups in total. The van der Waals surface area contributed by atoms with Gasteiger partial charge in [-0.3, -0.25) is 0 Å². The molecular formula is C30H45NO15. The summed E-state index contributed by atoms with van der Waals surface area (Å²) in [5.74, 6) is -2.53. The maximum Gasteiger partial charge on any atom is 0.407 e. The Morgan fingerprint density at radius 1 is 0.978 bits per heavy atom. The summed E-state index contributed by atoms with van der Waals surface area (Å²) in [4.78, 5) is 24.1. The van der Waals surface area contributed by atoms with Gasteiger partial charge in [0.15, 0.2) is 12.6 Å². The Bertz CT molecular complexity index is 1100. The van der Waals surface area contributed by atoms with E-state index in [1.807, 2.05) is 30.3 Å². The predicted octanol–water partition coefficient (Wildman–Crippen LogP) is -0.671. The van der Waals surface area contributed by atoms with E-state index in [1.165, 1.54) is 21.1 Å². The Balaban J connectivity index is 1.24. The number of methoxy groups -OCH3 is 2. The molecule has 4 rings (SSSR count). The fourth-order valence-corrected chi connectivity index (χ4v) is 5.46. The second-order valence-electron chi connectivity index (χ2n) is 11.3. The zero-order chi connectivity index (χ0) is 33.3. The molecule has 3 heterocycles. The molecule has 0 bridgehead atoms. The molecule has 3 aliphatic rings. The summed E-state index contributed by atoms with van der Waals surface area (Å²) in [6, 6.07) is 9.34. The number of amides is 1. The van der Waals surface area contributed by atoms with Gasteiger partial charge in [-0.2, -0.15) is 0 Å². The first-order valence-corrected chi connectivity index (χ1v) is 15.2. The lowest BCUT2D eigenvalue weighted by Crippen LogP contribution is -2.68. The molecule has 1 aromatic rings. The SMILES string of the molecule is COC(=O)[C@@]1(C)OC[C@H]2O[C@@H](O[C@@H]3[C@@H](O)[C@H](OCCCCCNC(=O)OCc4ccccc4)O[C@H](CO)[C@H]3O)[C@H](O)[C@@H](OC)[C@@H]2O1. The van der Waals surface area contributed by atoms with E-state index in [9.17, 15) is 30.0 Å². The number of carbonyl (C=O) groups excluding carboxylic acids is 2. The van der Waals surface area contributed by atoms with Crippen LogP contribution >= 0.6 is 0 Å². The fraction of sp³-hybridized carbons (Fsp3) is 0.733. The lowest BCUT2D eigenvalue weighted by Gasteiger charge is -2.50. The summed E-state index contributed by atoms with van der Waals surface area (Å²) in [6.45, 7) is 1.37. The minimum absolute atomic E-state index is 0.142. The van der Waals surface area contributed by atoms with Crippen LogP contribution in [-0.2, 0) is 54.0 Å². The minimum atomic E-state index is -1.75. The first-order valence-electron chi connectivity index (χ1n) is 15.2. The molecule has 46 heavy (non-hydrogen) atoms. The average molecular weight is 660 g/mol. The summed E-state index contributed by atoms with van der Waals surface area (Å²) < 4.78 is 49.8. The van der Waals surface area contributed by atoms with Crippen LogP contribution < -0.4 is 5.32 Å². The molecular weight excluding hydrogens is 614 g/mol. The van der Waals surface area contributed by atoms with Crippen LogP contribution in [0.2, 0.25) is 0 Å². The van der Waals surface area contributed by atoms with Gasteiger partial charge in [-0.1, -0.05) is 30.3 Å². The second-order valence-corrected chi connectivity index (χ2v) is 11.3. The number of ether oxygens (including phenoxy) is 9. The molecule has 0 radical (unpaired) electrons. The van der Waals surface area contributed by atoms with E-state index in [1.54, 1.807) is 0 Å². The molecule has 0 aromatic heterocycles. The van der Waals surface area contributed by atoms with Gasteiger partial charge in [0, 0.05) is 27.2 Å². The Hall–Kier alpha value is -2.48. The van der Waals surface area contributed by atoms with E-state index in [-0.39, 0.29) is 19.8 Å². The standard InChI is InChI=1S/C30H45NO15/c1-30(28(36)39-3)42-16-19-23(46-30)25(38-2)22(35)27(44-19)45-24-20(33)18(14-32)43-26(21(24)34)40-13-9-5-8-12-31-29(37)41-15-17-10-6-4-7-11-17/h4,6-7,10-11,18-27,32-35H,5,8-9,12-16H2,1-3H3,(H,31,37)/t18-,19-,20-,21-,22-,23-,24+,25-,26-,27+,30+/m1/s1. The quantitative estimate of drug-likeness (QED) is 0.124. The molecule has 3 saturated heterocycles. The van der Waals surface area contributed by atoms with Crippen LogP contribution in [0.3, 0.4) is 0 Å². The fourth-order valence-electron chi connectivity index (χ4n) is 5.46. The molecule has 3 fully saturated rings. The third-order valence-corrected chi connectivity index (χ3v) is 8.03. The number of hydrogen-bond donors (Lipinski definition) is 5. The smallest absolute Gasteiger partial charge is 0.407 e. The summed E-state index contributed by atoms with van der Waals surface area (Å²) in [5.41, 5.74) is 0.888. The largest absolute Gasteiger partial charge is 0.465 e. The molecule has 1 amide bonds. The van der Waals surface area contributed by atoms with Crippen LogP contribution in [0.1, 0.15) is 31.7 Å². The molecule has 16 heteroatoms. The number of hydrogen-bond acceptors (Lipinski definition) is 15. The van der Waals surface area contributed by atoms with Crippen molar-refractivity contribution in [3.05, 3.63) is 35.9 Å². The molecule has 3 aliphatic heterocycles. The van der Waals surface area contributed by atoms with Crippen molar-refractivity contribution in [3.63, 3.8) is 0 Å². The molecule has 1 aromatic carbocycles. The number of carbonyl (C=O) groups is 2. The number of aliphatic hydroxyl groups is 4. The van der Waals surface area contributed by atoms with Gasteiger partial charge < -0.3 is 68.4 Å². The lowest BCUT2D eigenvalue weighted by atomic mass is 9.95. The lowest BCUT2D eigenvalue weighted by molar-refractivity contribution is -0.398. The minimum Gasteiger partial charge on any atom is -0.465 e. The molecule has 16 nitrogen and oxygen atoms in total. The van der Waals surface area contributed by atoms with Crippen molar-refractivity contribution in [3.8, 4) is 0 Å². The number of unbranched alkanes of at least 4 members (excludes halogenated alkanes) is 2. The van der Waals surface area contributed by atoms with Crippen LogP contribution in [0.15, 0.2) is 30.3 Å². The monoisotopic (exact) mass is 659 g/mol. The first-order chi connectivity index (χ1) is 22.1. The number of aliphatic hydroxyl groups excluding tert-OH is 4. The zero-order valence-corrected chi connectivity index (χ0v) is 26.1. The van der Waals surface area contributed by atoms with Crippen LogP contribution in [0.4, 0.5) is 4.79 Å². The Kier molecular flexibility index (Phi) is 13.5. The van der Waals surface area contributed by atoms with Crippen LogP contribution in [0.25, 0.3) is 0 Å². The maximum absolute atomic E-state index is 12.2. The third-order valence-electron chi connectivity index (χ3n) is 8.03. The molecule has 11 atom stereocenters. The number of rotatable bonds is 14. The van der Waals surface area contributed by atoms with E-state index in [2.05, 4.69) is 5.32 Å². The van der Waals surface area contributed by atoms with E-state index in [0.717, 1.165) is 5.56 Å². The number of alkyl carbamates (subject to hydrolysis) is 1. The van der Waals surface area contributed by atoms with Gasteiger partial charge in [0.1, 0.15) is 55.4 Å². The van der Waals surface area contributed by atoms with Gasteiger partial charge in [0.05, 0.1) is 20.3 Å². The Morgan fingerprint density at radius 2 is 1.72 bits per heavy atom. The highest BCUT2D eigenvalue weighted by molar-refractivity contribution is 5.77. The summed E-state index contributed by atoms with van der Waals surface area (Å²) in [7, 11) is 2.52. The van der Waals surface area contributed by atoms with Gasteiger partial charge in [0.25, 0.3) is 5.79 Å². The maximum atomic E-state index is 12.2. The number of benzene rings is 1. The van der Waals surface area contributed by atoms with Crippen LogP contribution in [-0.4, -0.2) is 140 Å². The van der Waals surface area contributed by atoms with E-state index >= 15 is 0 Å². The summed E-state index contributed by atoms with van der Waals surface area (Å²) in [5, 5.41) is 45.4. The topological polar surface area (TPSA) is 210 Å².